The summed E-state index contributed by atoms with van der Waals surface area (Å²) < 4.78 is 0. The van der Waals surface area contributed by atoms with Crippen LogP contribution in [0.4, 0.5) is 0 Å². The zero-order valence-electron chi connectivity index (χ0n) is 9.66. The molecule has 0 fully saturated rings. The van der Waals surface area contributed by atoms with Crippen molar-refractivity contribution in [2.75, 3.05) is 12.4 Å². The van der Waals surface area contributed by atoms with E-state index >= 15 is 0 Å². The third-order valence-electron chi connectivity index (χ3n) is 2.50. The number of halogens is 1. The standard InChI is InChI=1S/C11H13ClN2OS2/c1-6-7(2)17-11-9(6)10(12)13-8(14-11)5-16-4-3-15/h15H,3-5H2,1-2H3. The van der Waals surface area contributed by atoms with Crippen LogP contribution in [0.25, 0.3) is 10.2 Å². The highest BCUT2D eigenvalue weighted by Crippen LogP contribution is 2.33. The van der Waals surface area contributed by atoms with Crippen LogP contribution in [0.1, 0.15) is 16.3 Å². The second-order valence-corrected chi connectivity index (χ2v) is 6.34. The zero-order chi connectivity index (χ0) is 12.4. The van der Waals surface area contributed by atoms with E-state index in [0.717, 1.165) is 16.0 Å². The lowest BCUT2D eigenvalue weighted by molar-refractivity contribution is 0.322. The molecule has 0 aliphatic carbocycles. The van der Waals surface area contributed by atoms with Gasteiger partial charge in [0, 0.05) is 10.6 Å². The van der Waals surface area contributed by atoms with E-state index in [4.69, 9.17) is 16.7 Å². The molecular formula is C11H13ClN2OS2. The molecule has 2 rings (SSSR count). The Morgan fingerprint density at radius 2 is 2.12 bits per heavy atom. The van der Waals surface area contributed by atoms with Gasteiger partial charge in [0.25, 0.3) is 0 Å². The molecule has 0 aromatic carbocycles. The second-order valence-electron chi connectivity index (χ2n) is 3.67. The van der Waals surface area contributed by atoms with E-state index in [2.05, 4.69) is 16.9 Å². The Hall–Kier alpha value is -0.360. The van der Waals surface area contributed by atoms with Crippen LogP contribution in [0.3, 0.4) is 0 Å². The summed E-state index contributed by atoms with van der Waals surface area (Å²) in [7, 11) is 0. The first kappa shape index (κ1) is 13.1. The molecule has 0 bridgehead atoms. The van der Waals surface area contributed by atoms with E-state index in [1.54, 1.807) is 23.1 Å². The Morgan fingerprint density at radius 3 is 2.82 bits per heavy atom. The van der Waals surface area contributed by atoms with E-state index in [1.807, 2.05) is 6.92 Å². The average molecular weight is 289 g/mol. The van der Waals surface area contributed by atoms with Gasteiger partial charge in [0.15, 0.2) is 0 Å². The lowest BCUT2D eigenvalue weighted by Gasteiger charge is -2.01. The third-order valence-corrected chi connectivity index (χ3v) is 4.81. The summed E-state index contributed by atoms with van der Waals surface area (Å²) >= 11 is 9.45. The fourth-order valence-electron chi connectivity index (χ4n) is 1.53. The molecule has 92 valence electrons. The Morgan fingerprint density at radius 1 is 1.35 bits per heavy atom. The minimum atomic E-state index is 0.178. The van der Waals surface area contributed by atoms with Crippen LogP contribution in [-0.4, -0.2) is 27.4 Å². The van der Waals surface area contributed by atoms with Crippen LogP contribution >= 0.6 is 34.7 Å². The molecule has 6 heteroatoms. The van der Waals surface area contributed by atoms with E-state index in [9.17, 15) is 0 Å². The highest BCUT2D eigenvalue weighted by molar-refractivity contribution is 7.98. The molecular weight excluding hydrogens is 276 g/mol. The number of aromatic nitrogens is 2. The minimum Gasteiger partial charge on any atom is -0.396 e. The van der Waals surface area contributed by atoms with E-state index < -0.39 is 0 Å². The van der Waals surface area contributed by atoms with Crippen molar-refractivity contribution in [1.29, 1.82) is 0 Å². The number of nitrogens with zero attached hydrogens (tertiary/aromatic N) is 2. The molecule has 0 radical (unpaired) electrons. The molecule has 3 nitrogen and oxygen atoms in total. The van der Waals surface area contributed by atoms with Gasteiger partial charge in [-0.15, -0.1) is 11.3 Å². The summed E-state index contributed by atoms with van der Waals surface area (Å²) in [4.78, 5) is 11.0. The van der Waals surface area contributed by atoms with Crippen LogP contribution < -0.4 is 0 Å². The number of aryl methyl sites for hydroxylation is 2. The van der Waals surface area contributed by atoms with Gasteiger partial charge in [-0.05, 0) is 19.4 Å². The Balaban J connectivity index is 2.35. The predicted octanol–water partition coefficient (Wildman–Crippen LogP) is 3.19. The van der Waals surface area contributed by atoms with Crippen LogP contribution in [0.5, 0.6) is 0 Å². The van der Waals surface area contributed by atoms with Gasteiger partial charge < -0.3 is 5.11 Å². The highest BCUT2D eigenvalue weighted by atomic mass is 35.5. The number of aliphatic hydroxyl groups excluding tert-OH is 1. The SMILES string of the molecule is Cc1sc2nc(CSCCO)nc(Cl)c2c1C. The molecule has 17 heavy (non-hydrogen) atoms. The zero-order valence-corrected chi connectivity index (χ0v) is 12.0. The van der Waals surface area contributed by atoms with Crippen molar-refractivity contribution in [2.24, 2.45) is 0 Å². The number of aliphatic hydroxyl groups is 1. The largest absolute Gasteiger partial charge is 0.396 e. The van der Waals surface area contributed by atoms with Crippen molar-refractivity contribution in [2.45, 2.75) is 19.6 Å². The van der Waals surface area contributed by atoms with Gasteiger partial charge in [-0.3, -0.25) is 0 Å². The second kappa shape index (κ2) is 5.52. The summed E-state index contributed by atoms with van der Waals surface area (Å²) in [5, 5.41) is 10.2. The third kappa shape index (κ3) is 2.73. The number of thioether (sulfide) groups is 1. The molecule has 1 N–H and O–H groups in total. The molecule has 0 aliphatic rings. The molecule has 2 aromatic rings. The summed E-state index contributed by atoms with van der Waals surface area (Å²) in [5.41, 5.74) is 1.17. The highest BCUT2D eigenvalue weighted by Gasteiger charge is 2.12. The molecule has 0 saturated carbocycles. The van der Waals surface area contributed by atoms with Gasteiger partial charge >= 0.3 is 0 Å². The molecule has 0 saturated heterocycles. The van der Waals surface area contributed by atoms with Crippen LogP contribution in [-0.2, 0) is 5.75 Å². The first-order valence-electron chi connectivity index (χ1n) is 5.24. The number of thiophene rings is 1. The normalized spacial score (nSPS) is 11.3. The molecule has 2 heterocycles. The lowest BCUT2D eigenvalue weighted by atomic mass is 10.2. The first-order chi connectivity index (χ1) is 8.13. The molecule has 0 atom stereocenters. The fraction of sp³-hybridized carbons (Fsp3) is 0.455. The van der Waals surface area contributed by atoms with Crippen molar-refractivity contribution < 1.29 is 5.11 Å². The molecule has 0 spiro atoms. The van der Waals surface area contributed by atoms with Gasteiger partial charge in [-0.2, -0.15) is 11.8 Å². The van der Waals surface area contributed by atoms with Gasteiger partial charge in [0.1, 0.15) is 15.8 Å². The maximum Gasteiger partial charge on any atom is 0.141 e. The summed E-state index contributed by atoms with van der Waals surface area (Å²) in [6, 6.07) is 0. The van der Waals surface area contributed by atoms with Gasteiger partial charge in [-0.25, -0.2) is 9.97 Å². The van der Waals surface area contributed by atoms with Gasteiger partial charge in [0.2, 0.25) is 0 Å². The average Bonchev–Trinajstić information content (AvgIpc) is 2.55. The molecule has 0 amide bonds. The number of hydrogen-bond acceptors (Lipinski definition) is 5. The van der Waals surface area contributed by atoms with Crippen LogP contribution in [0.15, 0.2) is 0 Å². The monoisotopic (exact) mass is 288 g/mol. The van der Waals surface area contributed by atoms with Crippen molar-refractivity contribution in [3.8, 4) is 0 Å². The number of fused-ring (bicyclic) bond motifs is 1. The molecule has 0 aliphatic heterocycles. The number of rotatable bonds is 4. The topological polar surface area (TPSA) is 46.0 Å². The van der Waals surface area contributed by atoms with Crippen molar-refractivity contribution in [3.05, 3.63) is 21.4 Å². The predicted molar refractivity (Wildman–Crippen MR) is 75.1 cm³/mol. The maximum absolute atomic E-state index is 8.72. The Labute approximate surface area is 113 Å². The van der Waals surface area contributed by atoms with Crippen molar-refractivity contribution >= 4 is 44.9 Å². The van der Waals surface area contributed by atoms with Crippen LogP contribution in [0.2, 0.25) is 5.15 Å². The fourth-order valence-corrected chi connectivity index (χ4v) is 3.55. The van der Waals surface area contributed by atoms with Crippen LogP contribution in [0, 0.1) is 13.8 Å². The van der Waals surface area contributed by atoms with E-state index in [-0.39, 0.29) is 6.61 Å². The van der Waals surface area contributed by atoms with Crippen molar-refractivity contribution in [1.82, 2.24) is 9.97 Å². The molecule has 2 aromatic heterocycles. The van der Waals surface area contributed by atoms with Gasteiger partial charge in [0.05, 0.1) is 17.7 Å². The summed E-state index contributed by atoms with van der Waals surface area (Å²) in [6.07, 6.45) is 0. The molecule has 0 unspecified atom stereocenters. The van der Waals surface area contributed by atoms with Crippen molar-refractivity contribution in [3.63, 3.8) is 0 Å². The quantitative estimate of drug-likeness (QED) is 0.693. The minimum absolute atomic E-state index is 0.178. The Bertz CT molecular complexity index is 542. The summed E-state index contributed by atoms with van der Waals surface area (Å²) in [6.45, 7) is 4.29. The lowest BCUT2D eigenvalue weighted by Crippen LogP contribution is -1.95. The smallest absolute Gasteiger partial charge is 0.141 e. The van der Waals surface area contributed by atoms with E-state index in [1.165, 1.54) is 10.4 Å². The van der Waals surface area contributed by atoms with E-state index in [0.29, 0.717) is 16.7 Å². The maximum atomic E-state index is 8.72. The summed E-state index contributed by atoms with van der Waals surface area (Å²) in [5.74, 6) is 2.12. The first-order valence-corrected chi connectivity index (χ1v) is 7.59. The number of hydrogen-bond donors (Lipinski definition) is 1. The Kier molecular flexibility index (Phi) is 4.25. The van der Waals surface area contributed by atoms with Gasteiger partial charge in [-0.1, -0.05) is 11.6 Å².